The van der Waals surface area contributed by atoms with Crippen LogP contribution in [0.25, 0.3) is 0 Å². The van der Waals surface area contributed by atoms with Crippen molar-refractivity contribution in [3.8, 4) is 0 Å². The topological polar surface area (TPSA) is 38.4 Å². The van der Waals surface area contributed by atoms with Crippen LogP contribution in [0.3, 0.4) is 0 Å². The highest BCUT2D eigenvalue weighted by Gasteiger charge is 2.05. The maximum atomic E-state index is 12.8. The van der Waals surface area contributed by atoms with Crippen LogP contribution in [0.15, 0.2) is 27.7 Å². The van der Waals surface area contributed by atoms with Gasteiger partial charge in [-0.1, -0.05) is 0 Å². The summed E-state index contributed by atoms with van der Waals surface area (Å²) in [6.45, 7) is 3.87. The Morgan fingerprint density at radius 1 is 1.50 bits per heavy atom. The van der Waals surface area contributed by atoms with Crippen molar-refractivity contribution in [1.29, 1.82) is 0 Å². The van der Waals surface area contributed by atoms with E-state index in [-0.39, 0.29) is 11.9 Å². The molecule has 0 radical (unpaired) electrons. The largest absolute Gasteiger partial charge is 0.383 e. The van der Waals surface area contributed by atoms with Crippen molar-refractivity contribution in [2.45, 2.75) is 19.9 Å². The third-order valence-corrected chi connectivity index (χ3v) is 2.26. The van der Waals surface area contributed by atoms with Gasteiger partial charge in [0.1, 0.15) is 11.7 Å². The highest BCUT2D eigenvalue weighted by atomic mass is 79.9. The van der Waals surface area contributed by atoms with Gasteiger partial charge in [-0.05, 0) is 48.0 Å². The standard InChI is InChI=1S/C10H12BrFN2/c1-6(2)14-10(13)8-4-3-7(12)5-9(8)11/h3-6H,1-2H3,(H2,13,14). The molecule has 1 rings (SSSR count). The molecule has 0 unspecified atom stereocenters. The molecule has 0 saturated heterocycles. The summed E-state index contributed by atoms with van der Waals surface area (Å²) >= 11 is 3.24. The number of hydrogen-bond acceptors (Lipinski definition) is 1. The van der Waals surface area contributed by atoms with Gasteiger partial charge in [-0.15, -0.1) is 0 Å². The molecule has 14 heavy (non-hydrogen) atoms. The Labute approximate surface area is 91.2 Å². The second kappa shape index (κ2) is 4.55. The van der Waals surface area contributed by atoms with E-state index in [2.05, 4.69) is 20.9 Å². The van der Waals surface area contributed by atoms with Gasteiger partial charge in [0.15, 0.2) is 0 Å². The van der Waals surface area contributed by atoms with Crippen molar-refractivity contribution in [1.82, 2.24) is 0 Å². The molecule has 1 aromatic rings. The van der Waals surface area contributed by atoms with Crippen LogP contribution in [-0.4, -0.2) is 11.9 Å². The monoisotopic (exact) mass is 258 g/mol. The minimum atomic E-state index is -0.294. The number of aliphatic imine (C=N–C) groups is 1. The van der Waals surface area contributed by atoms with Crippen LogP contribution in [0.5, 0.6) is 0 Å². The molecular formula is C10H12BrFN2. The van der Waals surface area contributed by atoms with Gasteiger partial charge in [-0.3, -0.25) is 4.99 Å². The molecule has 0 bridgehead atoms. The summed E-state index contributed by atoms with van der Waals surface area (Å²) in [5, 5.41) is 0. The van der Waals surface area contributed by atoms with Gasteiger partial charge in [0.05, 0.1) is 0 Å². The van der Waals surface area contributed by atoms with Gasteiger partial charge in [0.2, 0.25) is 0 Å². The molecule has 0 spiro atoms. The van der Waals surface area contributed by atoms with E-state index in [0.29, 0.717) is 10.3 Å². The third kappa shape index (κ3) is 2.80. The molecule has 0 saturated carbocycles. The van der Waals surface area contributed by atoms with Crippen molar-refractivity contribution < 1.29 is 4.39 Å². The quantitative estimate of drug-likeness (QED) is 0.643. The number of benzene rings is 1. The molecule has 1 aromatic carbocycles. The summed E-state index contributed by atoms with van der Waals surface area (Å²) in [6, 6.07) is 4.48. The normalized spacial score (nSPS) is 12.2. The van der Waals surface area contributed by atoms with E-state index in [0.717, 1.165) is 5.56 Å². The summed E-state index contributed by atoms with van der Waals surface area (Å²) in [7, 11) is 0. The lowest BCUT2D eigenvalue weighted by Gasteiger charge is -2.05. The summed E-state index contributed by atoms with van der Waals surface area (Å²) < 4.78 is 13.4. The molecule has 0 atom stereocenters. The SMILES string of the molecule is CC(C)N=C(N)c1ccc(F)cc1Br. The lowest BCUT2D eigenvalue weighted by atomic mass is 10.2. The molecule has 76 valence electrons. The van der Waals surface area contributed by atoms with Crippen molar-refractivity contribution in [2.75, 3.05) is 0 Å². The molecule has 0 amide bonds. The number of nitrogens with zero attached hydrogens (tertiary/aromatic N) is 1. The highest BCUT2D eigenvalue weighted by molar-refractivity contribution is 9.10. The van der Waals surface area contributed by atoms with E-state index in [1.807, 2.05) is 13.8 Å². The average molecular weight is 259 g/mol. The van der Waals surface area contributed by atoms with Crippen molar-refractivity contribution >= 4 is 21.8 Å². The average Bonchev–Trinajstić information content (AvgIpc) is 2.01. The number of halogens is 2. The van der Waals surface area contributed by atoms with Crippen LogP contribution in [-0.2, 0) is 0 Å². The van der Waals surface area contributed by atoms with Gasteiger partial charge in [0, 0.05) is 16.1 Å². The first-order chi connectivity index (χ1) is 6.50. The fraction of sp³-hybridized carbons (Fsp3) is 0.300. The Hall–Kier alpha value is -0.900. The van der Waals surface area contributed by atoms with E-state index in [9.17, 15) is 4.39 Å². The van der Waals surface area contributed by atoms with E-state index in [1.54, 1.807) is 6.07 Å². The number of amidine groups is 1. The Morgan fingerprint density at radius 3 is 2.64 bits per heavy atom. The summed E-state index contributed by atoms with van der Waals surface area (Å²) in [6.07, 6.45) is 0. The van der Waals surface area contributed by atoms with E-state index in [1.165, 1.54) is 12.1 Å². The molecule has 2 nitrogen and oxygen atoms in total. The highest BCUT2D eigenvalue weighted by Crippen LogP contribution is 2.17. The second-order valence-corrected chi connectivity index (χ2v) is 4.09. The predicted octanol–water partition coefficient (Wildman–Crippen LogP) is 2.70. The van der Waals surface area contributed by atoms with Crippen LogP contribution < -0.4 is 5.73 Å². The Bertz CT molecular complexity index is 361. The first-order valence-electron chi connectivity index (χ1n) is 4.29. The van der Waals surface area contributed by atoms with Gasteiger partial charge >= 0.3 is 0 Å². The van der Waals surface area contributed by atoms with E-state index >= 15 is 0 Å². The molecular weight excluding hydrogens is 247 g/mol. The van der Waals surface area contributed by atoms with Crippen LogP contribution in [0.2, 0.25) is 0 Å². The summed E-state index contributed by atoms with van der Waals surface area (Å²) in [4.78, 5) is 4.18. The summed E-state index contributed by atoms with van der Waals surface area (Å²) in [5.41, 5.74) is 6.47. The zero-order chi connectivity index (χ0) is 10.7. The smallest absolute Gasteiger partial charge is 0.127 e. The molecule has 2 N–H and O–H groups in total. The van der Waals surface area contributed by atoms with Gasteiger partial charge in [0.25, 0.3) is 0 Å². The Kier molecular flexibility index (Phi) is 3.63. The van der Waals surface area contributed by atoms with Crippen molar-refractivity contribution in [2.24, 2.45) is 10.7 Å². The maximum absolute atomic E-state index is 12.8. The fourth-order valence-corrected chi connectivity index (χ4v) is 1.60. The molecule has 0 heterocycles. The fourth-order valence-electron chi connectivity index (χ4n) is 1.04. The van der Waals surface area contributed by atoms with Crippen molar-refractivity contribution in [3.05, 3.63) is 34.1 Å². The number of nitrogens with two attached hydrogens (primary N) is 1. The van der Waals surface area contributed by atoms with Gasteiger partial charge in [-0.2, -0.15) is 0 Å². The first-order valence-corrected chi connectivity index (χ1v) is 5.08. The predicted molar refractivity (Wildman–Crippen MR) is 60.0 cm³/mol. The molecule has 0 aliphatic heterocycles. The lowest BCUT2D eigenvalue weighted by Crippen LogP contribution is -2.16. The molecule has 0 aromatic heterocycles. The van der Waals surface area contributed by atoms with E-state index < -0.39 is 0 Å². The van der Waals surface area contributed by atoms with E-state index in [4.69, 9.17) is 5.73 Å². The van der Waals surface area contributed by atoms with Gasteiger partial charge in [-0.25, -0.2) is 4.39 Å². The maximum Gasteiger partial charge on any atom is 0.127 e. The molecule has 0 aliphatic carbocycles. The summed E-state index contributed by atoms with van der Waals surface area (Å²) in [5.74, 6) is 0.129. The minimum Gasteiger partial charge on any atom is -0.383 e. The molecule has 0 fully saturated rings. The van der Waals surface area contributed by atoms with Gasteiger partial charge < -0.3 is 5.73 Å². The Morgan fingerprint density at radius 2 is 2.14 bits per heavy atom. The van der Waals surface area contributed by atoms with Crippen LogP contribution in [0.4, 0.5) is 4.39 Å². The molecule has 0 aliphatic rings. The first kappa shape index (κ1) is 11.2. The van der Waals surface area contributed by atoms with Crippen LogP contribution in [0, 0.1) is 5.82 Å². The second-order valence-electron chi connectivity index (χ2n) is 3.23. The third-order valence-electron chi connectivity index (χ3n) is 1.60. The number of rotatable bonds is 2. The molecule has 4 heteroatoms. The van der Waals surface area contributed by atoms with Crippen molar-refractivity contribution in [3.63, 3.8) is 0 Å². The minimum absolute atomic E-state index is 0.131. The van der Waals surface area contributed by atoms with Crippen LogP contribution in [0.1, 0.15) is 19.4 Å². The zero-order valence-corrected chi connectivity index (χ0v) is 9.68. The van der Waals surface area contributed by atoms with Crippen LogP contribution >= 0.6 is 15.9 Å². The zero-order valence-electron chi connectivity index (χ0n) is 8.09. The lowest BCUT2D eigenvalue weighted by molar-refractivity contribution is 0.627. The number of hydrogen-bond donors (Lipinski definition) is 1. The Balaban J connectivity index is 3.07.